The SMILES string of the molecule is Cc1c(S(=O)(=O)NCc2cc3c(s2)CCC3)c(N)nn1C. The molecular formula is C13H18N4O2S2. The minimum absolute atomic E-state index is 0.0381. The molecule has 0 spiro atoms. The number of nitrogen functional groups attached to an aromatic ring is 1. The van der Waals surface area contributed by atoms with Gasteiger partial charge in [0.25, 0.3) is 0 Å². The van der Waals surface area contributed by atoms with Crippen LogP contribution in [-0.4, -0.2) is 18.2 Å². The van der Waals surface area contributed by atoms with Gasteiger partial charge in [-0.25, -0.2) is 13.1 Å². The number of hydrogen-bond donors (Lipinski definition) is 2. The summed E-state index contributed by atoms with van der Waals surface area (Å²) in [7, 11) is -1.97. The lowest BCUT2D eigenvalue weighted by Gasteiger charge is -2.06. The first-order valence-corrected chi connectivity index (χ1v) is 9.07. The Hall–Kier alpha value is -1.38. The number of aryl methyl sites for hydroxylation is 3. The molecule has 1 aliphatic rings. The van der Waals surface area contributed by atoms with Crippen LogP contribution in [0.4, 0.5) is 5.82 Å². The highest BCUT2D eigenvalue weighted by Crippen LogP contribution is 2.31. The summed E-state index contributed by atoms with van der Waals surface area (Å²) < 4.78 is 28.9. The lowest BCUT2D eigenvalue weighted by molar-refractivity contribution is 0.581. The topological polar surface area (TPSA) is 90.0 Å². The smallest absolute Gasteiger partial charge is 0.246 e. The summed E-state index contributed by atoms with van der Waals surface area (Å²) in [6.07, 6.45) is 3.42. The van der Waals surface area contributed by atoms with Gasteiger partial charge >= 0.3 is 0 Å². The van der Waals surface area contributed by atoms with Crippen molar-refractivity contribution in [3.63, 3.8) is 0 Å². The van der Waals surface area contributed by atoms with Crippen LogP contribution in [0.5, 0.6) is 0 Å². The van der Waals surface area contributed by atoms with Gasteiger partial charge in [-0.3, -0.25) is 4.68 Å². The highest BCUT2D eigenvalue weighted by atomic mass is 32.2. The molecule has 3 N–H and O–H groups in total. The Morgan fingerprint density at radius 3 is 2.86 bits per heavy atom. The van der Waals surface area contributed by atoms with Crippen LogP contribution in [0, 0.1) is 6.92 Å². The van der Waals surface area contributed by atoms with Crippen LogP contribution in [0.3, 0.4) is 0 Å². The van der Waals surface area contributed by atoms with Crippen molar-refractivity contribution in [3.05, 3.63) is 27.1 Å². The van der Waals surface area contributed by atoms with E-state index in [2.05, 4.69) is 15.9 Å². The van der Waals surface area contributed by atoms with Gasteiger partial charge in [-0.05, 0) is 37.8 Å². The van der Waals surface area contributed by atoms with E-state index in [-0.39, 0.29) is 10.7 Å². The van der Waals surface area contributed by atoms with Crippen molar-refractivity contribution in [1.82, 2.24) is 14.5 Å². The third-order valence-corrected chi connectivity index (χ3v) is 6.61. The second kappa shape index (κ2) is 5.11. The van der Waals surface area contributed by atoms with Crippen LogP contribution in [0.15, 0.2) is 11.0 Å². The summed E-state index contributed by atoms with van der Waals surface area (Å²) in [6, 6.07) is 2.11. The third-order valence-electron chi connectivity index (χ3n) is 3.81. The van der Waals surface area contributed by atoms with Crippen molar-refractivity contribution >= 4 is 27.2 Å². The van der Waals surface area contributed by atoms with Crippen LogP contribution in [0.25, 0.3) is 0 Å². The summed E-state index contributed by atoms with van der Waals surface area (Å²) >= 11 is 1.69. The van der Waals surface area contributed by atoms with Gasteiger partial charge in [0.2, 0.25) is 10.0 Å². The van der Waals surface area contributed by atoms with E-state index in [0.29, 0.717) is 12.2 Å². The molecule has 0 aromatic carbocycles. The van der Waals surface area contributed by atoms with E-state index in [4.69, 9.17) is 5.73 Å². The molecule has 0 bridgehead atoms. The van der Waals surface area contributed by atoms with Crippen LogP contribution in [0.2, 0.25) is 0 Å². The van der Waals surface area contributed by atoms with Crippen molar-refractivity contribution in [2.24, 2.45) is 7.05 Å². The molecule has 8 heteroatoms. The van der Waals surface area contributed by atoms with Crippen LogP contribution >= 0.6 is 11.3 Å². The Labute approximate surface area is 128 Å². The number of hydrogen-bond acceptors (Lipinski definition) is 5. The molecule has 0 radical (unpaired) electrons. The van der Waals surface area contributed by atoms with Gasteiger partial charge in [0.15, 0.2) is 5.82 Å². The fourth-order valence-corrected chi connectivity index (χ4v) is 5.28. The average molecular weight is 326 g/mol. The van der Waals surface area contributed by atoms with E-state index < -0.39 is 10.0 Å². The molecule has 2 aromatic rings. The fraction of sp³-hybridized carbons (Fsp3) is 0.462. The van der Waals surface area contributed by atoms with Crippen LogP contribution in [-0.2, 0) is 36.5 Å². The van der Waals surface area contributed by atoms with Crippen molar-refractivity contribution in [1.29, 1.82) is 0 Å². The van der Waals surface area contributed by atoms with Crippen LogP contribution < -0.4 is 10.5 Å². The molecule has 21 heavy (non-hydrogen) atoms. The number of thiophene rings is 1. The van der Waals surface area contributed by atoms with Gasteiger partial charge in [-0.15, -0.1) is 11.3 Å². The summed E-state index contributed by atoms with van der Waals surface area (Å²) in [4.78, 5) is 2.51. The molecule has 0 unspecified atom stereocenters. The van der Waals surface area contributed by atoms with Crippen molar-refractivity contribution < 1.29 is 8.42 Å². The Balaban J connectivity index is 1.79. The number of sulfonamides is 1. The second-order valence-electron chi connectivity index (χ2n) is 5.26. The maximum Gasteiger partial charge on any atom is 0.246 e. The molecule has 3 rings (SSSR count). The Kier molecular flexibility index (Phi) is 3.54. The Bertz CT molecular complexity index is 768. The molecule has 0 amide bonds. The number of nitrogens with zero attached hydrogens (tertiary/aromatic N) is 2. The lowest BCUT2D eigenvalue weighted by Crippen LogP contribution is -2.24. The number of aromatic nitrogens is 2. The predicted molar refractivity (Wildman–Crippen MR) is 82.7 cm³/mol. The first-order valence-electron chi connectivity index (χ1n) is 6.77. The van der Waals surface area contributed by atoms with Crippen molar-refractivity contribution in [2.75, 3.05) is 5.73 Å². The molecule has 2 heterocycles. The van der Waals surface area contributed by atoms with Gasteiger partial charge < -0.3 is 5.73 Å². The maximum absolute atomic E-state index is 12.4. The van der Waals surface area contributed by atoms with E-state index in [9.17, 15) is 8.42 Å². The van der Waals surface area contributed by atoms with Gasteiger partial charge in [-0.1, -0.05) is 0 Å². The number of anilines is 1. The first-order chi connectivity index (χ1) is 9.88. The van der Waals surface area contributed by atoms with Gasteiger partial charge in [0, 0.05) is 23.3 Å². The van der Waals surface area contributed by atoms with Gasteiger partial charge in [0.05, 0.1) is 5.69 Å². The minimum atomic E-state index is -3.64. The summed E-state index contributed by atoms with van der Waals surface area (Å²) in [5.41, 5.74) is 7.61. The standard InChI is InChI=1S/C13H18N4O2S2/c1-8-12(13(14)16-17(8)2)21(18,19)15-7-10-6-9-4-3-5-11(9)20-10/h6,15H,3-5,7H2,1-2H3,(H2,14,16). The van der Waals surface area contributed by atoms with E-state index in [1.165, 1.54) is 21.5 Å². The molecule has 6 nitrogen and oxygen atoms in total. The Morgan fingerprint density at radius 1 is 1.48 bits per heavy atom. The summed E-state index contributed by atoms with van der Waals surface area (Å²) in [6.45, 7) is 1.99. The number of nitrogens with two attached hydrogens (primary N) is 1. The average Bonchev–Trinajstić information content (AvgIpc) is 3.02. The first kappa shape index (κ1) is 14.6. The quantitative estimate of drug-likeness (QED) is 0.887. The van der Waals surface area contributed by atoms with Crippen molar-refractivity contribution in [2.45, 2.75) is 37.6 Å². The van der Waals surface area contributed by atoms with E-state index >= 15 is 0 Å². The number of rotatable bonds is 4. The molecule has 0 saturated carbocycles. The van der Waals surface area contributed by atoms with Crippen LogP contribution in [0.1, 0.15) is 27.4 Å². The summed E-state index contributed by atoms with van der Waals surface area (Å²) in [5, 5.41) is 3.95. The third kappa shape index (κ3) is 2.58. The molecule has 0 atom stereocenters. The van der Waals surface area contributed by atoms with Gasteiger partial charge in [-0.2, -0.15) is 5.10 Å². The van der Waals surface area contributed by atoms with E-state index in [0.717, 1.165) is 17.7 Å². The predicted octanol–water partition coefficient (Wildman–Crippen LogP) is 1.34. The molecule has 0 fully saturated rings. The van der Waals surface area contributed by atoms with E-state index in [1.807, 2.05) is 0 Å². The summed E-state index contributed by atoms with van der Waals surface area (Å²) in [5.74, 6) is 0.0381. The van der Waals surface area contributed by atoms with E-state index in [1.54, 1.807) is 25.3 Å². The zero-order valence-corrected chi connectivity index (χ0v) is 13.6. The fourth-order valence-electron chi connectivity index (χ4n) is 2.66. The minimum Gasteiger partial charge on any atom is -0.381 e. The molecule has 114 valence electrons. The zero-order valence-electron chi connectivity index (χ0n) is 12.0. The van der Waals surface area contributed by atoms with Crippen molar-refractivity contribution in [3.8, 4) is 0 Å². The Morgan fingerprint density at radius 2 is 2.24 bits per heavy atom. The number of fused-ring (bicyclic) bond motifs is 1. The van der Waals surface area contributed by atoms with Gasteiger partial charge in [0.1, 0.15) is 4.90 Å². The molecular weight excluding hydrogens is 308 g/mol. The molecule has 0 saturated heterocycles. The monoisotopic (exact) mass is 326 g/mol. The molecule has 0 aliphatic heterocycles. The molecule has 2 aromatic heterocycles. The molecule has 1 aliphatic carbocycles. The maximum atomic E-state index is 12.4. The highest BCUT2D eigenvalue weighted by Gasteiger charge is 2.25. The highest BCUT2D eigenvalue weighted by molar-refractivity contribution is 7.89. The lowest BCUT2D eigenvalue weighted by atomic mass is 10.2. The zero-order chi connectivity index (χ0) is 15.2. The second-order valence-corrected chi connectivity index (χ2v) is 8.19. The number of nitrogens with one attached hydrogen (secondary N) is 1. The largest absolute Gasteiger partial charge is 0.381 e. The normalized spacial score (nSPS) is 14.6.